The fourth-order valence-electron chi connectivity index (χ4n) is 1.68. The van der Waals surface area contributed by atoms with Crippen molar-refractivity contribution in [1.82, 2.24) is 4.98 Å². The Morgan fingerprint density at radius 2 is 1.75 bits per heavy atom. The Bertz CT molecular complexity index is 506. The summed E-state index contributed by atoms with van der Waals surface area (Å²) in [6.45, 7) is 1.99. The molecule has 0 bridgehead atoms. The van der Waals surface area contributed by atoms with Gasteiger partial charge in [-0.3, -0.25) is 4.98 Å². The van der Waals surface area contributed by atoms with E-state index in [2.05, 4.69) is 11.1 Å². The number of benzene rings is 1. The molecule has 2 rings (SSSR count). The van der Waals surface area contributed by atoms with Crippen molar-refractivity contribution in [1.29, 1.82) is 0 Å². The number of rotatable bonds is 2. The van der Waals surface area contributed by atoms with E-state index in [1.165, 1.54) is 5.56 Å². The van der Waals surface area contributed by atoms with E-state index in [9.17, 15) is 0 Å². The van der Waals surface area contributed by atoms with Gasteiger partial charge in [0.2, 0.25) is 0 Å². The van der Waals surface area contributed by atoms with Crippen molar-refractivity contribution in [2.24, 2.45) is 0 Å². The molecule has 0 atom stereocenters. The van der Waals surface area contributed by atoms with Crippen molar-refractivity contribution in [2.75, 3.05) is 11.5 Å². The molecular weight excluding hydrogens is 198 g/mol. The van der Waals surface area contributed by atoms with E-state index in [4.69, 9.17) is 11.5 Å². The normalized spacial score (nSPS) is 10.3. The predicted octanol–water partition coefficient (Wildman–Crippen LogP) is 2.15. The van der Waals surface area contributed by atoms with Crippen LogP contribution in [0.3, 0.4) is 0 Å². The van der Waals surface area contributed by atoms with Gasteiger partial charge in [-0.25, -0.2) is 0 Å². The van der Waals surface area contributed by atoms with Gasteiger partial charge in [0.15, 0.2) is 0 Å². The molecule has 0 fully saturated rings. The molecule has 16 heavy (non-hydrogen) atoms. The molecular formula is C13H15N3. The Hall–Kier alpha value is -2.03. The molecule has 1 aromatic heterocycles. The van der Waals surface area contributed by atoms with E-state index in [1.807, 2.05) is 37.4 Å². The molecule has 0 amide bonds. The van der Waals surface area contributed by atoms with Gasteiger partial charge in [0.1, 0.15) is 0 Å². The van der Waals surface area contributed by atoms with Crippen molar-refractivity contribution < 1.29 is 0 Å². The average Bonchev–Trinajstić information content (AvgIpc) is 2.24. The van der Waals surface area contributed by atoms with Gasteiger partial charge in [-0.15, -0.1) is 0 Å². The molecule has 1 heterocycles. The summed E-state index contributed by atoms with van der Waals surface area (Å²) in [4.78, 5) is 4.17. The molecule has 82 valence electrons. The van der Waals surface area contributed by atoms with Crippen LogP contribution in [0.15, 0.2) is 36.5 Å². The second-order valence-corrected chi connectivity index (χ2v) is 3.95. The topological polar surface area (TPSA) is 64.9 Å². The van der Waals surface area contributed by atoms with Crippen molar-refractivity contribution in [3.05, 3.63) is 53.3 Å². The van der Waals surface area contributed by atoms with Crippen LogP contribution >= 0.6 is 0 Å². The monoisotopic (exact) mass is 213 g/mol. The minimum absolute atomic E-state index is 0.634. The van der Waals surface area contributed by atoms with Gasteiger partial charge >= 0.3 is 0 Å². The fraction of sp³-hybridized carbons (Fsp3) is 0.154. The highest BCUT2D eigenvalue weighted by atomic mass is 14.7. The zero-order valence-electron chi connectivity index (χ0n) is 9.27. The van der Waals surface area contributed by atoms with E-state index < -0.39 is 0 Å². The maximum Gasteiger partial charge on any atom is 0.0550 e. The molecule has 3 heteroatoms. The summed E-state index contributed by atoms with van der Waals surface area (Å²) in [5.74, 6) is 0. The number of hydrogen-bond acceptors (Lipinski definition) is 3. The lowest BCUT2D eigenvalue weighted by atomic mass is 10.0. The molecule has 2 aromatic rings. The van der Waals surface area contributed by atoms with E-state index in [0.717, 1.165) is 17.7 Å². The summed E-state index contributed by atoms with van der Waals surface area (Å²) >= 11 is 0. The maximum atomic E-state index is 5.77. The van der Waals surface area contributed by atoms with Crippen molar-refractivity contribution in [3.8, 4) is 0 Å². The molecule has 3 nitrogen and oxygen atoms in total. The summed E-state index contributed by atoms with van der Waals surface area (Å²) < 4.78 is 0. The third-order valence-corrected chi connectivity index (χ3v) is 2.52. The second kappa shape index (κ2) is 4.23. The molecule has 0 aliphatic heterocycles. The van der Waals surface area contributed by atoms with Crippen molar-refractivity contribution >= 4 is 11.4 Å². The largest absolute Gasteiger partial charge is 0.397 e. The predicted molar refractivity (Wildman–Crippen MR) is 67.0 cm³/mol. The molecule has 1 aromatic carbocycles. The first-order chi connectivity index (χ1) is 7.65. The molecule has 0 spiro atoms. The number of pyridine rings is 1. The summed E-state index contributed by atoms with van der Waals surface area (Å²) in [5, 5.41) is 0. The first kappa shape index (κ1) is 10.5. The first-order valence-electron chi connectivity index (χ1n) is 5.20. The van der Waals surface area contributed by atoms with Crippen molar-refractivity contribution in [2.45, 2.75) is 13.3 Å². The van der Waals surface area contributed by atoms with Crippen LogP contribution in [0.25, 0.3) is 0 Å². The Morgan fingerprint density at radius 1 is 1.00 bits per heavy atom. The van der Waals surface area contributed by atoms with Gasteiger partial charge in [0.05, 0.1) is 11.4 Å². The summed E-state index contributed by atoms with van der Waals surface area (Å²) in [6.07, 6.45) is 2.68. The molecule has 0 unspecified atom stereocenters. The van der Waals surface area contributed by atoms with Crippen LogP contribution in [-0.2, 0) is 6.42 Å². The minimum atomic E-state index is 0.634. The summed E-state index contributed by atoms with van der Waals surface area (Å²) in [5.41, 5.74) is 16.1. The number of nitrogen functional groups attached to an aromatic ring is 2. The van der Waals surface area contributed by atoms with Gasteiger partial charge in [0, 0.05) is 11.9 Å². The van der Waals surface area contributed by atoms with E-state index in [-0.39, 0.29) is 0 Å². The molecule has 0 saturated carbocycles. The lowest BCUT2D eigenvalue weighted by molar-refractivity contribution is 1.12. The number of aromatic nitrogens is 1. The number of aryl methyl sites for hydroxylation is 1. The quantitative estimate of drug-likeness (QED) is 0.751. The van der Waals surface area contributed by atoms with Gasteiger partial charge < -0.3 is 11.5 Å². The van der Waals surface area contributed by atoms with Crippen LogP contribution in [-0.4, -0.2) is 4.98 Å². The van der Waals surface area contributed by atoms with Crippen LogP contribution < -0.4 is 11.5 Å². The highest BCUT2D eigenvalue weighted by Gasteiger charge is 2.00. The van der Waals surface area contributed by atoms with E-state index in [0.29, 0.717) is 11.4 Å². The second-order valence-electron chi connectivity index (χ2n) is 3.95. The van der Waals surface area contributed by atoms with Crippen LogP contribution in [0.2, 0.25) is 0 Å². The Morgan fingerprint density at radius 3 is 2.44 bits per heavy atom. The fourth-order valence-corrected chi connectivity index (χ4v) is 1.68. The Balaban J connectivity index is 2.24. The minimum Gasteiger partial charge on any atom is -0.397 e. The average molecular weight is 213 g/mol. The highest BCUT2D eigenvalue weighted by molar-refractivity contribution is 5.64. The third-order valence-electron chi connectivity index (χ3n) is 2.52. The van der Waals surface area contributed by atoms with Gasteiger partial charge in [-0.05, 0) is 48.7 Å². The maximum absolute atomic E-state index is 5.77. The molecule has 4 N–H and O–H groups in total. The Kier molecular flexibility index (Phi) is 2.77. The zero-order chi connectivity index (χ0) is 11.5. The smallest absolute Gasteiger partial charge is 0.0550 e. The Labute approximate surface area is 95.1 Å². The molecule has 0 radical (unpaired) electrons. The third kappa shape index (κ3) is 2.31. The van der Waals surface area contributed by atoms with Crippen LogP contribution in [0.4, 0.5) is 11.4 Å². The van der Waals surface area contributed by atoms with Crippen molar-refractivity contribution in [3.63, 3.8) is 0 Å². The van der Waals surface area contributed by atoms with Crippen LogP contribution in [0.1, 0.15) is 16.8 Å². The summed E-state index contributed by atoms with van der Waals surface area (Å²) in [6, 6.07) is 9.86. The van der Waals surface area contributed by atoms with Crippen LogP contribution in [0, 0.1) is 6.92 Å². The number of hydrogen-bond donors (Lipinski definition) is 2. The SMILES string of the molecule is Cc1cc(Cc2ccc(N)c(N)c2)ccn1. The molecule has 0 saturated heterocycles. The standard InChI is InChI=1S/C13H15N3/c1-9-6-11(4-5-16-9)7-10-2-3-12(14)13(15)8-10/h2-6,8H,7,14-15H2,1H3. The highest BCUT2D eigenvalue weighted by Crippen LogP contribution is 2.18. The lowest BCUT2D eigenvalue weighted by Crippen LogP contribution is -1.97. The zero-order valence-corrected chi connectivity index (χ0v) is 9.27. The summed E-state index contributed by atoms with van der Waals surface area (Å²) in [7, 11) is 0. The van der Waals surface area contributed by atoms with E-state index in [1.54, 1.807) is 0 Å². The van der Waals surface area contributed by atoms with Crippen LogP contribution in [0.5, 0.6) is 0 Å². The van der Waals surface area contributed by atoms with Gasteiger partial charge in [-0.1, -0.05) is 6.07 Å². The molecule has 0 aliphatic rings. The van der Waals surface area contributed by atoms with Gasteiger partial charge in [0.25, 0.3) is 0 Å². The number of nitrogens with two attached hydrogens (primary N) is 2. The first-order valence-corrected chi connectivity index (χ1v) is 5.20. The van der Waals surface area contributed by atoms with E-state index >= 15 is 0 Å². The molecule has 0 aliphatic carbocycles. The van der Waals surface area contributed by atoms with Gasteiger partial charge in [-0.2, -0.15) is 0 Å². The number of anilines is 2. The number of nitrogens with zero attached hydrogens (tertiary/aromatic N) is 1. The lowest BCUT2D eigenvalue weighted by Gasteiger charge is -2.05.